The van der Waals surface area contributed by atoms with Crippen molar-refractivity contribution in [2.45, 2.75) is 20.4 Å². The maximum Gasteiger partial charge on any atom is 0.337 e. The fourth-order valence-electron chi connectivity index (χ4n) is 1.84. The van der Waals surface area contributed by atoms with E-state index < -0.39 is 5.97 Å². The lowest BCUT2D eigenvalue weighted by atomic mass is 10.1. The van der Waals surface area contributed by atoms with Crippen molar-refractivity contribution in [2.24, 2.45) is 0 Å². The monoisotopic (exact) mass is 276 g/mol. The summed E-state index contributed by atoms with van der Waals surface area (Å²) in [6.45, 7) is 4.56. The van der Waals surface area contributed by atoms with Gasteiger partial charge in [0.15, 0.2) is 0 Å². The van der Waals surface area contributed by atoms with Gasteiger partial charge >= 0.3 is 5.97 Å². The number of carbonyl (C=O) groups is 1. The molecular weight excluding hydrogens is 260 g/mol. The van der Waals surface area contributed by atoms with Crippen molar-refractivity contribution in [2.75, 3.05) is 11.1 Å². The van der Waals surface area contributed by atoms with Gasteiger partial charge in [0.25, 0.3) is 0 Å². The maximum atomic E-state index is 11.1. The van der Waals surface area contributed by atoms with Crippen LogP contribution in [0.2, 0.25) is 0 Å². The molecule has 1 aromatic carbocycles. The molecule has 0 bridgehead atoms. The van der Waals surface area contributed by atoms with Crippen molar-refractivity contribution in [3.63, 3.8) is 0 Å². The molecule has 0 atom stereocenters. The second kappa shape index (κ2) is 5.32. The van der Waals surface area contributed by atoms with Crippen molar-refractivity contribution in [3.8, 4) is 0 Å². The number of hydrogen-bond acceptors (Lipinski definition) is 4. The number of nitrogens with one attached hydrogen (secondary N) is 1. The van der Waals surface area contributed by atoms with Gasteiger partial charge in [-0.3, -0.25) is 0 Å². The number of aryl methyl sites for hydroxylation is 2. The molecule has 0 saturated heterocycles. The van der Waals surface area contributed by atoms with Crippen LogP contribution in [0.25, 0.3) is 0 Å². The number of anilines is 2. The average Bonchev–Trinajstić information content (AvgIpc) is 2.76. The van der Waals surface area contributed by atoms with Crippen molar-refractivity contribution in [1.29, 1.82) is 0 Å². The number of carboxylic acids is 1. The Bertz CT molecular complexity index is 620. The topological polar surface area (TPSA) is 75.3 Å². The Hall–Kier alpha value is -2.01. The van der Waals surface area contributed by atoms with Crippen LogP contribution in [0.5, 0.6) is 0 Å². The number of rotatable bonds is 4. The van der Waals surface area contributed by atoms with Crippen LogP contribution in [-0.2, 0) is 6.54 Å². The first-order valence-electron chi connectivity index (χ1n) is 5.89. The molecule has 2 rings (SSSR count). The van der Waals surface area contributed by atoms with Gasteiger partial charge in [0.1, 0.15) is 0 Å². The van der Waals surface area contributed by atoms with Crippen molar-refractivity contribution >= 4 is 28.7 Å². The van der Waals surface area contributed by atoms with E-state index >= 15 is 0 Å². The zero-order valence-corrected chi connectivity index (χ0v) is 11.7. The van der Waals surface area contributed by atoms with Gasteiger partial charge in [0.2, 0.25) is 0 Å². The van der Waals surface area contributed by atoms with Crippen LogP contribution < -0.4 is 11.1 Å². The second-order valence-corrected chi connectivity index (χ2v) is 5.44. The molecule has 1 aromatic heterocycles. The number of aromatic carboxylic acids is 1. The summed E-state index contributed by atoms with van der Waals surface area (Å²) in [5.74, 6) is -1.00. The number of carboxylic acid groups (broad SMARTS) is 1. The Labute approximate surface area is 115 Å². The minimum absolute atomic E-state index is 0.144. The van der Waals surface area contributed by atoms with Gasteiger partial charge in [-0.05, 0) is 48.6 Å². The Morgan fingerprint density at radius 2 is 2.11 bits per heavy atom. The lowest BCUT2D eigenvalue weighted by molar-refractivity contribution is 0.0698. The van der Waals surface area contributed by atoms with Crippen molar-refractivity contribution < 1.29 is 9.90 Å². The first-order valence-corrected chi connectivity index (χ1v) is 6.77. The van der Waals surface area contributed by atoms with Crippen molar-refractivity contribution in [1.82, 2.24) is 0 Å². The van der Waals surface area contributed by atoms with Crippen LogP contribution in [0, 0.1) is 13.8 Å². The van der Waals surface area contributed by atoms with Crippen LogP contribution >= 0.6 is 11.3 Å². The molecule has 0 fully saturated rings. The molecule has 0 unspecified atom stereocenters. The lowest BCUT2D eigenvalue weighted by Crippen LogP contribution is -2.07. The Balaban J connectivity index is 2.22. The predicted molar refractivity (Wildman–Crippen MR) is 78.9 cm³/mol. The molecule has 19 heavy (non-hydrogen) atoms. The van der Waals surface area contributed by atoms with E-state index in [0.717, 1.165) is 11.3 Å². The molecule has 4 N–H and O–H groups in total. The smallest absolute Gasteiger partial charge is 0.337 e. The number of nitrogen functional groups attached to an aromatic ring is 1. The first-order chi connectivity index (χ1) is 8.99. The van der Waals surface area contributed by atoms with E-state index in [-0.39, 0.29) is 5.56 Å². The first kappa shape index (κ1) is 13.4. The van der Waals surface area contributed by atoms with Crippen LogP contribution in [0.4, 0.5) is 11.4 Å². The molecule has 1 heterocycles. The Kier molecular flexibility index (Phi) is 3.76. The summed E-state index contributed by atoms with van der Waals surface area (Å²) < 4.78 is 0. The van der Waals surface area contributed by atoms with Gasteiger partial charge in [-0.25, -0.2) is 4.79 Å². The fourth-order valence-corrected chi connectivity index (χ4v) is 2.69. The molecule has 0 aliphatic carbocycles. The van der Waals surface area contributed by atoms with Crippen molar-refractivity contribution in [3.05, 3.63) is 45.1 Å². The molecular formula is C14H16N2O2S. The summed E-state index contributed by atoms with van der Waals surface area (Å²) in [7, 11) is 0. The standard InChI is InChI=1S/C14H16N2O2S/c1-8-3-4-19-12(8)7-16-10-5-9(2)13(15)11(6-10)14(17)18/h3-6,16H,7,15H2,1-2H3,(H,17,18). The molecule has 4 nitrogen and oxygen atoms in total. The highest BCUT2D eigenvalue weighted by atomic mass is 32.1. The third kappa shape index (κ3) is 2.88. The van der Waals surface area contributed by atoms with E-state index in [4.69, 9.17) is 10.8 Å². The summed E-state index contributed by atoms with van der Waals surface area (Å²) in [6.07, 6.45) is 0. The lowest BCUT2D eigenvalue weighted by Gasteiger charge is -2.11. The predicted octanol–water partition coefficient (Wildman–Crippen LogP) is 3.26. The largest absolute Gasteiger partial charge is 0.478 e. The SMILES string of the molecule is Cc1ccsc1CNc1cc(C)c(N)c(C(=O)O)c1. The van der Waals surface area contributed by atoms with Crippen LogP contribution in [0.3, 0.4) is 0 Å². The summed E-state index contributed by atoms with van der Waals surface area (Å²) in [4.78, 5) is 12.3. The van der Waals surface area contributed by atoms with E-state index in [9.17, 15) is 4.79 Å². The quantitative estimate of drug-likeness (QED) is 0.749. The van der Waals surface area contributed by atoms with Crippen LogP contribution in [0.15, 0.2) is 23.6 Å². The number of hydrogen-bond donors (Lipinski definition) is 3. The second-order valence-electron chi connectivity index (χ2n) is 4.44. The highest BCUT2D eigenvalue weighted by Crippen LogP contribution is 2.24. The molecule has 0 aliphatic heterocycles. The molecule has 2 aromatic rings. The summed E-state index contributed by atoms with van der Waals surface area (Å²) in [5, 5.41) is 14.4. The Morgan fingerprint density at radius 3 is 2.68 bits per heavy atom. The summed E-state index contributed by atoms with van der Waals surface area (Å²) in [5.41, 5.74) is 9.01. The minimum Gasteiger partial charge on any atom is -0.478 e. The van der Waals surface area contributed by atoms with E-state index in [1.165, 1.54) is 10.4 Å². The zero-order chi connectivity index (χ0) is 14.0. The zero-order valence-electron chi connectivity index (χ0n) is 10.9. The van der Waals surface area contributed by atoms with E-state index in [2.05, 4.69) is 18.3 Å². The van der Waals surface area contributed by atoms with Gasteiger partial charge in [-0.2, -0.15) is 0 Å². The van der Waals surface area contributed by atoms with Gasteiger partial charge in [-0.1, -0.05) is 0 Å². The summed E-state index contributed by atoms with van der Waals surface area (Å²) >= 11 is 1.68. The highest BCUT2D eigenvalue weighted by Gasteiger charge is 2.11. The Morgan fingerprint density at radius 1 is 1.37 bits per heavy atom. The molecule has 0 saturated carbocycles. The highest BCUT2D eigenvalue weighted by molar-refractivity contribution is 7.10. The summed E-state index contributed by atoms with van der Waals surface area (Å²) in [6, 6.07) is 5.51. The molecule has 0 radical (unpaired) electrons. The van der Waals surface area contributed by atoms with E-state index in [0.29, 0.717) is 12.2 Å². The molecule has 5 heteroatoms. The molecule has 0 aliphatic rings. The van der Waals surface area contributed by atoms with Gasteiger partial charge < -0.3 is 16.2 Å². The third-order valence-electron chi connectivity index (χ3n) is 3.04. The number of benzene rings is 1. The normalized spacial score (nSPS) is 10.4. The fraction of sp³-hybridized carbons (Fsp3) is 0.214. The van der Waals surface area contributed by atoms with Gasteiger partial charge in [-0.15, -0.1) is 11.3 Å². The maximum absolute atomic E-state index is 11.1. The minimum atomic E-state index is -1.00. The van der Waals surface area contributed by atoms with Crippen LogP contribution in [0.1, 0.15) is 26.4 Å². The molecule has 0 spiro atoms. The van der Waals surface area contributed by atoms with Gasteiger partial charge in [0.05, 0.1) is 5.56 Å². The number of nitrogens with two attached hydrogens (primary N) is 1. The van der Waals surface area contributed by atoms with E-state index in [1.54, 1.807) is 17.4 Å². The average molecular weight is 276 g/mol. The molecule has 100 valence electrons. The van der Waals surface area contributed by atoms with Crippen LogP contribution in [-0.4, -0.2) is 11.1 Å². The van der Waals surface area contributed by atoms with Gasteiger partial charge in [0, 0.05) is 22.8 Å². The third-order valence-corrected chi connectivity index (χ3v) is 4.06. The molecule has 0 amide bonds. The number of thiophene rings is 1. The van der Waals surface area contributed by atoms with E-state index in [1.807, 2.05) is 18.4 Å².